The number of anilines is 1. The molecule has 1 aliphatic heterocycles. The molecule has 0 radical (unpaired) electrons. The highest BCUT2D eigenvalue weighted by atomic mass is 35.5. The summed E-state index contributed by atoms with van der Waals surface area (Å²) in [5.74, 6) is 1.22. The first-order valence-corrected chi connectivity index (χ1v) is 6.39. The Labute approximate surface area is 109 Å². The van der Waals surface area contributed by atoms with E-state index in [4.69, 9.17) is 16.3 Å². The number of ether oxygens (including phenoxy) is 1. The fourth-order valence-corrected chi connectivity index (χ4v) is 2.31. The van der Waals surface area contributed by atoms with Crippen LogP contribution in [0.5, 0.6) is 0 Å². The van der Waals surface area contributed by atoms with Gasteiger partial charge in [-0.3, -0.25) is 0 Å². The quantitative estimate of drug-likeness (QED) is 0.830. The van der Waals surface area contributed by atoms with Gasteiger partial charge in [-0.25, -0.2) is 4.98 Å². The monoisotopic (exact) mass is 267 g/mol. The van der Waals surface area contributed by atoms with Crippen LogP contribution in [0.3, 0.4) is 0 Å². The van der Waals surface area contributed by atoms with Crippen LogP contribution in [-0.2, 0) is 4.74 Å². The predicted octanol–water partition coefficient (Wildman–Crippen LogP) is 1.84. The lowest BCUT2D eigenvalue weighted by Crippen LogP contribution is -2.24. The molecule has 1 saturated heterocycles. The molecule has 3 heterocycles. The number of nitrogens with zero attached hydrogens (tertiary/aromatic N) is 3. The second kappa shape index (κ2) is 5.07. The van der Waals surface area contributed by atoms with Crippen LogP contribution in [0.2, 0.25) is 5.28 Å². The molecule has 0 saturated carbocycles. The highest BCUT2D eigenvalue weighted by molar-refractivity contribution is 6.28. The van der Waals surface area contributed by atoms with Crippen LogP contribution in [0.4, 0.5) is 5.82 Å². The summed E-state index contributed by atoms with van der Waals surface area (Å²) in [6.07, 6.45) is 3.89. The topological polar surface area (TPSA) is 75.7 Å². The van der Waals surface area contributed by atoms with Crippen LogP contribution in [-0.4, -0.2) is 39.7 Å². The molecule has 2 aromatic rings. The van der Waals surface area contributed by atoms with E-state index < -0.39 is 0 Å². The minimum Gasteiger partial charge on any atom is -0.381 e. The van der Waals surface area contributed by atoms with Crippen LogP contribution in [0.15, 0.2) is 6.33 Å². The van der Waals surface area contributed by atoms with Gasteiger partial charge in [0.25, 0.3) is 0 Å². The first kappa shape index (κ1) is 11.7. The van der Waals surface area contributed by atoms with Gasteiger partial charge >= 0.3 is 0 Å². The highest BCUT2D eigenvalue weighted by Gasteiger charge is 2.15. The summed E-state index contributed by atoms with van der Waals surface area (Å²) >= 11 is 5.86. The molecule has 96 valence electrons. The van der Waals surface area contributed by atoms with Gasteiger partial charge in [-0.05, 0) is 30.4 Å². The summed E-state index contributed by atoms with van der Waals surface area (Å²) in [5.41, 5.74) is 1.37. The summed E-state index contributed by atoms with van der Waals surface area (Å²) in [5, 5.41) is 3.50. The molecule has 0 aliphatic carbocycles. The molecule has 7 heteroatoms. The first-order valence-electron chi connectivity index (χ1n) is 6.01. The Hall–Kier alpha value is -1.40. The zero-order valence-corrected chi connectivity index (χ0v) is 10.6. The number of H-pyrrole nitrogens is 1. The maximum atomic E-state index is 5.86. The van der Waals surface area contributed by atoms with E-state index in [2.05, 4.69) is 25.3 Å². The fourth-order valence-electron chi connectivity index (χ4n) is 2.14. The molecule has 0 spiro atoms. The third-order valence-electron chi connectivity index (χ3n) is 3.07. The molecule has 18 heavy (non-hydrogen) atoms. The Morgan fingerprint density at radius 1 is 1.50 bits per heavy atom. The molecule has 6 nitrogen and oxygen atoms in total. The Morgan fingerprint density at radius 2 is 2.44 bits per heavy atom. The van der Waals surface area contributed by atoms with Crippen LogP contribution in [0.1, 0.15) is 12.8 Å². The minimum absolute atomic E-state index is 0.206. The summed E-state index contributed by atoms with van der Waals surface area (Å²) < 4.78 is 5.45. The number of halogens is 1. The van der Waals surface area contributed by atoms with Crippen molar-refractivity contribution in [2.75, 3.05) is 25.1 Å². The predicted molar refractivity (Wildman–Crippen MR) is 68.7 cm³/mol. The Morgan fingerprint density at radius 3 is 3.28 bits per heavy atom. The minimum atomic E-state index is 0.206. The van der Waals surface area contributed by atoms with Gasteiger partial charge in [0, 0.05) is 13.2 Å². The SMILES string of the molecule is Clc1nc(NCC2CCCOC2)c2[nH]cnc2n1. The third-order valence-corrected chi connectivity index (χ3v) is 3.24. The second-order valence-electron chi connectivity index (χ2n) is 4.41. The van der Waals surface area contributed by atoms with Gasteiger partial charge in [-0.2, -0.15) is 9.97 Å². The first-order chi connectivity index (χ1) is 8.83. The average molecular weight is 268 g/mol. The number of aromatic nitrogens is 4. The lowest BCUT2D eigenvalue weighted by atomic mass is 10.0. The van der Waals surface area contributed by atoms with E-state index >= 15 is 0 Å². The van der Waals surface area contributed by atoms with Crippen molar-refractivity contribution in [3.05, 3.63) is 11.6 Å². The maximum absolute atomic E-state index is 5.86. The number of imidazole rings is 1. The summed E-state index contributed by atoms with van der Waals surface area (Å²) in [4.78, 5) is 15.3. The van der Waals surface area contributed by atoms with E-state index in [1.54, 1.807) is 6.33 Å². The highest BCUT2D eigenvalue weighted by Crippen LogP contribution is 2.20. The van der Waals surface area contributed by atoms with Crippen molar-refractivity contribution in [2.45, 2.75) is 12.8 Å². The van der Waals surface area contributed by atoms with E-state index in [9.17, 15) is 0 Å². The van der Waals surface area contributed by atoms with E-state index in [0.29, 0.717) is 17.4 Å². The van der Waals surface area contributed by atoms with Crippen molar-refractivity contribution in [3.63, 3.8) is 0 Å². The summed E-state index contributed by atoms with van der Waals surface area (Å²) in [6.45, 7) is 2.50. The number of hydrogen-bond acceptors (Lipinski definition) is 5. The molecule has 3 rings (SSSR count). The Kier molecular flexibility index (Phi) is 3.29. The molecule has 1 fully saturated rings. The van der Waals surface area contributed by atoms with Gasteiger partial charge in [0.2, 0.25) is 5.28 Å². The number of nitrogens with one attached hydrogen (secondary N) is 2. The number of hydrogen-bond donors (Lipinski definition) is 2. The largest absolute Gasteiger partial charge is 0.381 e. The van der Waals surface area contributed by atoms with Crippen LogP contribution >= 0.6 is 11.6 Å². The van der Waals surface area contributed by atoms with Crippen molar-refractivity contribution in [3.8, 4) is 0 Å². The molecular weight excluding hydrogens is 254 g/mol. The molecule has 0 amide bonds. The lowest BCUT2D eigenvalue weighted by Gasteiger charge is -2.22. The lowest BCUT2D eigenvalue weighted by molar-refractivity contribution is 0.0595. The van der Waals surface area contributed by atoms with Crippen LogP contribution in [0.25, 0.3) is 11.2 Å². The number of aromatic amines is 1. The summed E-state index contributed by atoms with van der Waals surface area (Å²) in [6, 6.07) is 0. The van der Waals surface area contributed by atoms with Crippen LogP contribution < -0.4 is 5.32 Å². The number of fused-ring (bicyclic) bond motifs is 1. The fraction of sp³-hybridized carbons (Fsp3) is 0.545. The van der Waals surface area contributed by atoms with Gasteiger partial charge in [0.15, 0.2) is 11.5 Å². The van der Waals surface area contributed by atoms with Gasteiger partial charge in [0.05, 0.1) is 12.9 Å². The number of rotatable bonds is 3. The molecule has 1 atom stereocenters. The van der Waals surface area contributed by atoms with Crippen molar-refractivity contribution in [1.29, 1.82) is 0 Å². The van der Waals surface area contributed by atoms with Gasteiger partial charge in [-0.1, -0.05) is 0 Å². The van der Waals surface area contributed by atoms with Crippen LogP contribution in [0, 0.1) is 5.92 Å². The molecule has 2 N–H and O–H groups in total. The molecular formula is C11H14ClN5O. The van der Waals surface area contributed by atoms with E-state index in [0.717, 1.165) is 31.7 Å². The zero-order chi connectivity index (χ0) is 12.4. The van der Waals surface area contributed by atoms with Crippen molar-refractivity contribution in [1.82, 2.24) is 19.9 Å². The van der Waals surface area contributed by atoms with Crippen molar-refractivity contribution in [2.24, 2.45) is 5.92 Å². The smallest absolute Gasteiger partial charge is 0.226 e. The Bertz CT molecular complexity index is 537. The standard InChI is InChI=1S/C11H14ClN5O/c12-11-16-9(8-10(17-11)15-6-14-8)13-4-7-2-1-3-18-5-7/h6-7H,1-5H2,(H2,13,14,15,16,17). The van der Waals surface area contributed by atoms with Gasteiger partial charge in [0.1, 0.15) is 5.52 Å². The third kappa shape index (κ3) is 2.39. The Balaban J connectivity index is 1.75. The average Bonchev–Trinajstić information content (AvgIpc) is 2.85. The molecule has 1 unspecified atom stereocenters. The molecule has 0 aromatic carbocycles. The maximum Gasteiger partial charge on any atom is 0.226 e. The van der Waals surface area contributed by atoms with E-state index in [1.807, 2.05) is 0 Å². The molecule has 1 aliphatic rings. The van der Waals surface area contributed by atoms with Gasteiger partial charge in [-0.15, -0.1) is 0 Å². The van der Waals surface area contributed by atoms with Crippen molar-refractivity contribution >= 4 is 28.6 Å². The molecule has 2 aromatic heterocycles. The van der Waals surface area contributed by atoms with Gasteiger partial charge < -0.3 is 15.0 Å². The van der Waals surface area contributed by atoms with E-state index in [-0.39, 0.29) is 5.28 Å². The normalized spacial score (nSPS) is 20.2. The van der Waals surface area contributed by atoms with Crippen molar-refractivity contribution < 1.29 is 4.74 Å². The van der Waals surface area contributed by atoms with E-state index in [1.165, 1.54) is 6.42 Å². The second-order valence-corrected chi connectivity index (χ2v) is 4.74. The zero-order valence-electron chi connectivity index (χ0n) is 9.82. The molecule has 0 bridgehead atoms. The summed E-state index contributed by atoms with van der Waals surface area (Å²) in [7, 11) is 0.